The number of benzene rings is 1. The molecule has 2 rings (SSSR count). The quantitative estimate of drug-likeness (QED) is 0.806. The first-order chi connectivity index (χ1) is 7.72. The first kappa shape index (κ1) is 10.3. The number of aromatic nitrogens is 1. The lowest BCUT2D eigenvalue weighted by Gasteiger charge is -2.09. The highest BCUT2D eigenvalue weighted by Gasteiger charge is 2.11. The van der Waals surface area contributed by atoms with E-state index in [4.69, 9.17) is 10.5 Å². The van der Waals surface area contributed by atoms with Gasteiger partial charge in [0.1, 0.15) is 17.3 Å². The van der Waals surface area contributed by atoms with Gasteiger partial charge in [-0.2, -0.15) is 0 Å². The molecule has 0 amide bonds. The van der Waals surface area contributed by atoms with Gasteiger partial charge in [-0.25, -0.2) is 4.98 Å². The molecule has 0 bridgehead atoms. The molecule has 0 unspecified atom stereocenters. The third-order valence-corrected chi connectivity index (χ3v) is 2.25. The van der Waals surface area contributed by atoms with Crippen LogP contribution in [0.4, 0.5) is 5.82 Å². The molecule has 1 heterocycles. The molecule has 0 saturated carbocycles. The summed E-state index contributed by atoms with van der Waals surface area (Å²) < 4.78 is 5.18. The number of phenols is 1. The predicted octanol–water partition coefficient (Wildman–Crippen LogP) is 2.04. The number of nitrogen functional groups attached to an aromatic ring is 1. The number of hydrogen-bond acceptors (Lipinski definition) is 4. The molecule has 82 valence electrons. The van der Waals surface area contributed by atoms with E-state index in [0.717, 1.165) is 0 Å². The summed E-state index contributed by atoms with van der Waals surface area (Å²) in [5.41, 5.74) is 6.75. The van der Waals surface area contributed by atoms with Crippen LogP contribution in [0, 0.1) is 0 Å². The number of phenolic OH excluding ortho intramolecular Hbond substituents is 1. The minimum Gasteiger partial charge on any atom is -0.507 e. The van der Waals surface area contributed by atoms with Crippen LogP contribution in [0.5, 0.6) is 11.5 Å². The van der Waals surface area contributed by atoms with Crippen LogP contribution in [0.25, 0.3) is 11.3 Å². The van der Waals surface area contributed by atoms with Crippen molar-refractivity contribution in [3.8, 4) is 22.8 Å². The molecule has 4 nitrogen and oxygen atoms in total. The van der Waals surface area contributed by atoms with Gasteiger partial charge in [-0.1, -0.05) is 12.1 Å². The molecule has 16 heavy (non-hydrogen) atoms. The van der Waals surface area contributed by atoms with Crippen LogP contribution < -0.4 is 10.5 Å². The largest absolute Gasteiger partial charge is 0.507 e. The standard InChI is InChI=1S/C12H12N2O2/c1-16-10-6-3-5-9(15)12(10)8-4-2-7-11(13)14-8/h2-7,15H,1H3,(H2,13,14). The first-order valence-corrected chi connectivity index (χ1v) is 4.81. The topological polar surface area (TPSA) is 68.4 Å². The van der Waals surface area contributed by atoms with Crippen LogP contribution in [0.15, 0.2) is 36.4 Å². The Morgan fingerprint density at radius 1 is 1.19 bits per heavy atom. The SMILES string of the molecule is COc1cccc(O)c1-c1cccc(N)n1. The van der Waals surface area contributed by atoms with Gasteiger partial charge in [0.15, 0.2) is 0 Å². The summed E-state index contributed by atoms with van der Waals surface area (Å²) in [6.45, 7) is 0. The maximum absolute atomic E-state index is 9.81. The van der Waals surface area contributed by atoms with E-state index in [1.807, 2.05) is 0 Å². The van der Waals surface area contributed by atoms with Crippen molar-refractivity contribution in [2.24, 2.45) is 0 Å². The van der Waals surface area contributed by atoms with Crippen LogP contribution in [0.3, 0.4) is 0 Å². The van der Waals surface area contributed by atoms with E-state index in [2.05, 4.69) is 4.98 Å². The minimum absolute atomic E-state index is 0.123. The summed E-state index contributed by atoms with van der Waals surface area (Å²) in [5.74, 6) is 1.10. The van der Waals surface area contributed by atoms with Crippen molar-refractivity contribution < 1.29 is 9.84 Å². The van der Waals surface area contributed by atoms with Crippen LogP contribution in [0.1, 0.15) is 0 Å². The molecule has 0 atom stereocenters. The Hall–Kier alpha value is -2.23. The molecule has 1 aromatic carbocycles. The van der Waals surface area contributed by atoms with Crippen molar-refractivity contribution in [3.05, 3.63) is 36.4 Å². The molecule has 0 spiro atoms. The molecule has 0 saturated heterocycles. The lowest BCUT2D eigenvalue weighted by atomic mass is 10.1. The molecule has 0 aliphatic carbocycles. The van der Waals surface area contributed by atoms with Crippen molar-refractivity contribution in [3.63, 3.8) is 0 Å². The third-order valence-electron chi connectivity index (χ3n) is 2.25. The molecule has 2 aromatic rings. The lowest BCUT2D eigenvalue weighted by molar-refractivity contribution is 0.410. The van der Waals surface area contributed by atoms with Gasteiger partial charge in [0.25, 0.3) is 0 Å². The summed E-state index contributed by atoms with van der Waals surface area (Å²) in [4.78, 5) is 4.15. The zero-order valence-corrected chi connectivity index (χ0v) is 8.84. The third kappa shape index (κ3) is 1.77. The van der Waals surface area contributed by atoms with Gasteiger partial charge in [0, 0.05) is 0 Å². The Kier molecular flexibility index (Phi) is 2.64. The Morgan fingerprint density at radius 3 is 2.62 bits per heavy atom. The molecule has 0 fully saturated rings. The molecular formula is C12H12N2O2. The normalized spacial score (nSPS) is 10.1. The van der Waals surface area contributed by atoms with Crippen molar-refractivity contribution in [2.45, 2.75) is 0 Å². The first-order valence-electron chi connectivity index (χ1n) is 4.81. The van der Waals surface area contributed by atoms with Gasteiger partial charge >= 0.3 is 0 Å². The maximum Gasteiger partial charge on any atom is 0.132 e. The van der Waals surface area contributed by atoms with Gasteiger partial charge < -0.3 is 15.6 Å². The second kappa shape index (κ2) is 4.10. The average Bonchev–Trinajstić information content (AvgIpc) is 2.28. The van der Waals surface area contributed by atoms with E-state index in [9.17, 15) is 5.11 Å². The number of hydrogen-bond donors (Lipinski definition) is 2. The predicted molar refractivity (Wildman–Crippen MR) is 62.3 cm³/mol. The molecule has 0 radical (unpaired) electrons. The fourth-order valence-electron chi connectivity index (χ4n) is 1.54. The van der Waals surface area contributed by atoms with Gasteiger partial charge in [0.05, 0.1) is 18.4 Å². The van der Waals surface area contributed by atoms with Crippen LogP contribution >= 0.6 is 0 Å². The molecule has 4 heteroatoms. The highest BCUT2D eigenvalue weighted by Crippen LogP contribution is 2.36. The summed E-state index contributed by atoms with van der Waals surface area (Å²) >= 11 is 0. The summed E-state index contributed by atoms with van der Waals surface area (Å²) in [5, 5.41) is 9.81. The maximum atomic E-state index is 9.81. The van der Waals surface area contributed by atoms with Crippen molar-refractivity contribution in [2.75, 3.05) is 12.8 Å². The summed E-state index contributed by atoms with van der Waals surface area (Å²) in [6.07, 6.45) is 0. The van der Waals surface area contributed by atoms with Gasteiger partial charge in [-0.15, -0.1) is 0 Å². The summed E-state index contributed by atoms with van der Waals surface area (Å²) in [7, 11) is 1.55. The van der Waals surface area contributed by atoms with Crippen LogP contribution in [0.2, 0.25) is 0 Å². The average molecular weight is 216 g/mol. The van der Waals surface area contributed by atoms with Crippen molar-refractivity contribution >= 4 is 5.82 Å². The van der Waals surface area contributed by atoms with Crippen molar-refractivity contribution in [1.82, 2.24) is 4.98 Å². The number of nitrogens with zero attached hydrogens (tertiary/aromatic N) is 1. The van der Waals surface area contributed by atoms with Gasteiger partial charge in [-0.3, -0.25) is 0 Å². The van der Waals surface area contributed by atoms with Crippen LogP contribution in [-0.2, 0) is 0 Å². The van der Waals surface area contributed by atoms with E-state index in [1.165, 1.54) is 0 Å². The molecule has 0 aliphatic heterocycles. The van der Waals surface area contributed by atoms with E-state index in [0.29, 0.717) is 22.8 Å². The number of ether oxygens (including phenoxy) is 1. The van der Waals surface area contributed by atoms with Crippen molar-refractivity contribution in [1.29, 1.82) is 0 Å². The van der Waals surface area contributed by atoms with Gasteiger partial charge in [-0.05, 0) is 24.3 Å². The number of pyridine rings is 1. The Bertz CT molecular complexity index is 512. The second-order valence-electron chi connectivity index (χ2n) is 3.30. The molecule has 3 N–H and O–H groups in total. The second-order valence-corrected chi connectivity index (χ2v) is 3.30. The van der Waals surface area contributed by atoms with E-state index < -0.39 is 0 Å². The number of anilines is 1. The molecule has 1 aromatic heterocycles. The number of nitrogens with two attached hydrogens (primary N) is 1. The summed E-state index contributed by atoms with van der Waals surface area (Å²) in [6, 6.07) is 10.3. The number of rotatable bonds is 2. The number of methoxy groups -OCH3 is 1. The monoisotopic (exact) mass is 216 g/mol. The Morgan fingerprint density at radius 2 is 1.94 bits per heavy atom. The Labute approximate surface area is 93.3 Å². The van der Waals surface area contributed by atoms with Gasteiger partial charge in [0.2, 0.25) is 0 Å². The minimum atomic E-state index is 0.123. The Balaban J connectivity index is 2.63. The van der Waals surface area contributed by atoms with E-state index in [1.54, 1.807) is 43.5 Å². The zero-order chi connectivity index (χ0) is 11.5. The zero-order valence-electron chi connectivity index (χ0n) is 8.84. The van der Waals surface area contributed by atoms with E-state index >= 15 is 0 Å². The fraction of sp³-hybridized carbons (Fsp3) is 0.0833. The lowest BCUT2D eigenvalue weighted by Crippen LogP contribution is -1.94. The molecular weight excluding hydrogens is 204 g/mol. The highest BCUT2D eigenvalue weighted by atomic mass is 16.5. The fourth-order valence-corrected chi connectivity index (χ4v) is 1.54. The van der Waals surface area contributed by atoms with E-state index in [-0.39, 0.29) is 5.75 Å². The van der Waals surface area contributed by atoms with Crippen LogP contribution in [-0.4, -0.2) is 17.2 Å². The smallest absolute Gasteiger partial charge is 0.132 e. The molecule has 0 aliphatic rings. The highest BCUT2D eigenvalue weighted by molar-refractivity contribution is 5.74. The number of aromatic hydroxyl groups is 1.